The Labute approximate surface area is 89.9 Å². The molecule has 15 heavy (non-hydrogen) atoms. The van der Waals surface area contributed by atoms with Gasteiger partial charge in [0.15, 0.2) is 0 Å². The summed E-state index contributed by atoms with van der Waals surface area (Å²) in [7, 11) is 0. The zero-order chi connectivity index (χ0) is 11.1. The molecule has 1 heterocycles. The number of aliphatic hydroxyl groups is 1. The van der Waals surface area contributed by atoms with E-state index in [-0.39, 0.29) is 12.2 Å². The predicted octanol–water partition coefficient (Wildman–Crippen LogP) is 1.39. The molecular formula is C12H17NO2. The van der Waals surface area contributed by atoms with Crippen LogP contribution in [0.3, 0.4) is 0 Å². The molecule has 1 atom stereocenters. The average molecular weight is 207 g/mol. The first-order chi connectivity index (χ1) is 6.97. The minimum atomic E-state index is -0.682. The normalized spacial score (nSPS) is 28.0. The molecule has 0 saturated heterocycles. The predicted molar refractivity (Wildman–Crippen MR) is 58.7 cm³/mol. The van der Waals surface area contributed by atoms with Gasteiger partial charge in [0.1, 0.15) is 11.4 Å². The van der Waals surface area contributed by atoms with Gasteiger partial charge in [-0.05, 0) is 19.9 Å². The lowest BCUT2D eigenvalue weighted by atomic mass is 9.79. The zero-order valence-corrected chi connectivity index (χ0v) is 9.16. The monoisotopic (exact) mass is 207 g/mol. The largest absolute Gasteiger partial charge is 0.487 e. The van der Waals surface area contributed by atoms with Gasteiger partial charge in [0.05, 0.1) is 12.1 Å². The third-order valence-electron chi connectivity index (χ3n) is 2.83. The fourth-order valence-corrected chi connectivity index (χ4v) is 2.30. The highest BCUT2D eigenvalue weighted by Gasteiger charge is 2.41. The smallest absolute Gasteiger partial charge is 0.125 e. The van der Waals surface area contributed by atoms with Crippen LogP contribution in [-0.4, -0.2) is 17.3 Å². The van der Waals surface area contributed by atoms with Crippen LogP contribution < -0.4 is 10.5 Å². The Kier molecular flexibility index (Phi) is 2.24. The number of para-hydroxylation sites is 1. The first-order valence-electron chi connectivity index (χ1n) is 5.15. The van der Waals surface area contributed by atoms with E-state index >= 15 is 0 Å². The number of nitrogens with two attached hydrogens (primary N) is 1. The summed E-state index contributed by atoms with van der Waals surface area (Å²) in [6.07, 6.45) is 0.619. The number of ether oxygens (including phenoxy) is 1. The maximum atomic E-state index is 9.45. The Morgan fingerprint density at radius 1 is 1.40 bits per heavy atom. The van der Waals surface area contributed by atoms with Crippen molar-refractivity contribution in [2.24, 2.45) is 5.73 Å². The number of hydrogen-bond acceptors (Lipinski definition) is 3. The number of fused-ring (bicyclic) bond motifs is 1. The van der Waals surface area contributed by atoms with Gasteiger partial charge >= 0.3 is 0 Å². The molecule has 0 fully saturated rings. The van der Waals surface area contributed by atoms with E-state index in [1.807, 2.05) is 38.1 Å². The molecule has 3 N–H and O–H groups in total. The van der Waals surface area contributed by atoms with Crippen molar-refractivity contribution in [3.05, 3.63) is 29.8 Å². The third kappa shape index (κ3) is 1.73. The van der Waals surface area contributed by atoms with Gasteiger partial charge in [-0.15, -0.1) is 0 Å². The molecule has 0 saturated carbocycles. The maximum absolute atomic E-state index is 9.45. The van der Waals surface area contributed by atoms with Gasteiger partial charge in [-0.2, -0.15) is 0 Å². The molecule has 0 aromatic heterocycles. The van der Waals surface area contributed by atoms with Crippen molar-refractivity contribution in [1.82, 2.24) is 0 Å². The first-order valence-corrected chi connectivity index (χ1v) is 5.15. The van der Waals surface area contributed by atoms with Crippen molar-refractivity contribution in [3.8, 4) is 5.75 Å². The Hall–Kier alpha value is -1.06. The lowest BCUT2D eigenvalue weighted by Crippen LogP contribution is -2.51. The van der Waals surface area contributed by atoms with Gasteiger partial charge in [-0.3, -0.25) is 0 Å². The van der Waals surface area contributed by atoms with Crippen LogP contribution in [0.4, 0.5) is 0 Å². The minimum absolute atomic E-state index is 0.0587. The van der Waals surface area contributed by atoms with Gasteiger partial charge in [-0.1, -0.05) is 18.2 Å². The van der Waals surface area contributed by atoms with Crippen molar-refractivity contribution >= 4 is 0 Å². The van der Waals surface area contributed by atoms with E-state index < -0.39 is 5.54 Å². The van der Waals surface area contributed by atoms with Crippen molar-refractivity contribution in [2.45, 2.75) is 31.4 Å². The maximum Gasteiger partial charge on any atom is 0.125 e. The Morgan fingerprint density at radius 3 is 2.73 bits per heavy atom. The lowest BCUT2D eigenvalue weighted by molar-refractivity contribution is 0.0247. The van der Waals surface area contributed by atoms with Crippen LogP contribution in [0.1, 0.15) is 25.8 Å². The highest BCUT2D eigenvalue weighted by Crippen LogP contribution is 2.41. The average Bonchev–Trinajstić information content (AvgIpc) is 2.16. The highest BCUT2D eigenvalue weighted by atomic mass is 16.5. The summed E-state index contributed by atoms with van der Waals surface area (Å²) < 4.78 is 5.83. The second-order valence-electron chi connectivity index (χ2n) is 4.85. The molecule has 0 radical (unpaired) electrons. The summed E-state index contributed by atoms with van der Waals surface area (Å²) >= 11 is 0. The van der Waals surface area contributed by atoms with Crippen molar-refractivity contribution in [1.29, 1.82) is 0 Å². The molecule has 0 aliphatic carbocycles. The Bertz CT molecular complexity index is 376. The van der Waals surface area contributed by atoms with E-state index in [9.17, 15) is 5.11 Å². The standard InChI is InChI=1S/C12H17NO2/c1-11(2)7-12(13,8-14)9-5-3-4-6-10(9)15-11/h3-6,14H,7-8,13H2,1-2H3. The van der Waals surface area contributed by atoms with Crippen molar-refractivity contribution in [3.63, 3.8) is 0 Å². The van der Waals surface area contributed by atoms with E-state index in [2.05, 4.69) is 0 Å². The molecule has 82 valence electrons. The summed E-state index contributed by atoms with van der Waals surface area (Å²) in [4.78, 5) is 0. The van der Waals surface area contributed by atoms with Crippen LogP contribution in [0.5, 0.6) is 5.75 Å². The summed E-state index contributed by atoms with van der Waals surface area (Å²) in [6.45, 7) is 3.91. The number of rotatable bonds is 1. The molecule has 1 aliphatic rings. The number of hydrogen-bond donors (Lipinski definition) is 2. The van der Waals surface area contributed by atoms with Crippen LogP contribution in [0, 0.1) is 0 Å². The Morgan fingerprint density at radius 2 is 2.07 bits per heavy atom. The van der Waals surface area contributed by atoms with E-state index in [4.69, 9.17) is 10.5 Å². The molecule has 0 spiro atoms. The fraction of sp³-hybridized carbons (Fsp3) is 0.500. The molecular weight excluding hydrogens is 190 g/mol. The van der Waals surface area contributed by atoms with Crippen LogP contribution in [0.2, 0.25) is 0 Å². The quantitative estimate of drug-likeness (QED) is 0.731. The zero-order valence-electron chi connectivity index (χ0n) is 9.16. The Balaban J connectivity index is 2.53. The molecule has 3 heteroatoms. The van der Waals surface area contributed by atoms with Crippen LogP contribution in [0.25, 0.3) is 0 Å². The molecule has 0 amide bonds. The van der Waals surface area contributed by atoms with Gasteiger partial charge in [0.25, 0.3) is 0 Å². The molecule has 2 rings (SSSR count). The summed E-state index contributed by atoms with van der Waals surface area (Å²) in [5.74, 6) is 0.783. The summed E-state index contributed by atoms with van der Waals surface area (Å²) in [6, 6.07) is 7.64. The third-order valence-corrected chi connectivity index (χ3v) is 2.83. The number of aliphatic hydroxyl groups excluding tert-OH is 1. The molecule has 0 bridgehead atoms. The molecule has 1 aromatic rings. The number of benzene rings is 1. The summed E-state index contributed by atoms with van der Waals surface area (Å²) in [5, 5.41) is 9.45. The van der Waals surface area contributed by atoms with E-state index in [0.29, 0.717) is 6.42 Å². The SMILES string of the molecule is CC1(C)CC(N)(CO)c2ccccc2O1. The lowest BCUT2D eigenvalue weighted by Gasteiger charge is -2.43. The second kappa shape index (κ2) is 3.22. The van der Waals surface area contributed by atoms with E-state index in [1.165, 1.54) is 0 Å². The molecule has 3 nitrogen and oxygen atoms in total. The first kappa shape index (κ1) is 10.5. The van der Waals surface area contributed by atoms with Crippen LogP contribution in [-0.2, 0) is 5.54 Å². The summed E-state index contributed by atoms with van der Waals surface area (Å²) in [5.41, 5.74) is 6.10. The van der Waals surface area contributed by atoms with Crippen molar-refractivity contribution < 1.29 is 9.84 Å². The topological polar surface area (TPSA) is 55.5 Å². The van der Waals surface area contributed by atoms with Crippen LogP contribution in [0.15, 0.2) is 24.3 Å². The van der Waals surface area contributed by atoms with Crippen LogP contribution >= 0.6 is 0 Å². The second-order valence-corrected chi connectivity index (χ2v) is 4.85. The molecule has 1 aliphatic heterocycles. The van der Waals surface area contributed by atoms with Crippen molar-refractivity contribution in [2.75, 3.05) is 6.61 Å². The molecule has 1 aromatic carbocycles. The van der Waals surface area contributed by atoms with Gasteiger partial charge in [-0.25, -0.2) is 0 Å². The van der Waals surface area contributed by atoms with E-state index in [1.54, 1.807) is 0 Å². The fourth-order valence-electron chi connectivity index (χ4n) is 2.30. The highest BCUT2D eigenvalue weighted by molar-refractivity contribution is 5.41. The van der Waals surface area contributed by atoms with E-state index in [0.717, 1.165) is 11.3 Å². The van der Waals surface area contributed by atoms with Gasteiger partial charge in [0, 0.05) is 12.0 Å². The van der Waals surface area contributed by atoms with Gasteiger partial charge < -0.3 is 15.6 Å². The van der Waals surface area contributed by atoms with Gasteiger partial charge in [0.2, 0.25) is 0 Å². The molecule has 1 unspecified atom stereocenters. The minimum Gasteiger partial charge on any atom is -0.487 e.